The first-order valence-electron chi connectivity index (χ1n) is 6.81. The van der Waals surface area contributed by atoms with Crippen molar-refractivity contribution in [2.24, 2.45) is 11.7 Å². The molecule has 0 spiro atoms. The highest BCUT2D eigenvalue weighted by atomic mass is 16.5. The van der Waals surface area contributed by atoms with E-state index in [-0.39, 0.29) is 23.2 Å². The summed E-state index contributed by atoms with van der Waals surface area (Å²) in [6, 6.07) is 6.09. The number of hydrogen-bond donors (Lipinski definition) is 1. The van der Waals surface area contributed by atoms with Crippen molar-refractivity contribution in [2.75, 3.05) is 7.11 Å². The van der Waals surface area contributed by atoms with E-state index in [1.165, 1.54) is 0 Å². The fourth-order valence-electron chi connectivity index (χ4n) is 2.46. The van der Waals surface area contributed by atoms with E-state index in [0.29, 0.717) is 11.3 Å². The second-order valence-corrected chi connectivity index (χ2v) is 6.46. The summed E-state index contributed by atoms with van der Waals surface area (Å²) in [7, 11) is 1.61. The SMILES string of the molecule is COc1ccc(C(C)(C)C)cc1C(=O)C1CC(N)C1. The Bertz CT molecular complexity index is 482. The average Bonchev–Trinajstić information content (AvgIpc) is 2.32. The minimum absolute atomic E-state index is 0.0251. The third-order valence-electron chi connectivity index (χ3n) is 3.88. The number of methoxy groups -OCH3 is 1. The van der Waals surface area contributed by atoms with Gasteiger partial charge in [0.1, 0.15) is 5.75 Å². The average molecular weight is 261 g/mol. The van der Waals surface area contributed by atoms with E-state index in [1.807, 2.05) is 18.2 Å². The lowest BCUT2D eigenvalue weighted by Crippen LogP contribution is -2.40. The molecule has 0 heterocycles. The molecule has 1 aromatic rings. The second kappa shape index (κ2) is 4.97. The van der Waals surface area contributed by atoms with E-state index in [0.717, 1.165) is 18.4 Å². The molecule has 0 aliphatic heterocycles. The van der Waals surface area contributed by atoms with Crippen molar-refractivity contribution in [2.45, 2.75) is 45.1 Å². The molecule has 0 bridgehead atoms. The molecule has 2 rings (SSSR count). The minimum Gasteiger partial charge on any atom is -0.496 e. The molecule has 0 atom stereocenters. The van der Waals surface area contributed by atoms with Crippen LogP contribution < -0.4 is 10.5 Å². The van der Waals surface area contributed by atoms with Crippen LogP contribution in [0.15, 0.2) is 18.2 Å². The standard InChI is InChI=1S/C16H23NO2/c1-16(2,3)11-5-6-14(19-4)13(9-11)15(18)10-7-12(17)8-10/h5-6,9-10,12H,7-8,17H2,1-4H3. The molecule has 19 heavy (non-hydrogen) atoms. The zero-order chi connectivity index (χ0) is 14.2. The molecule has 1 aliphatic carbocycles. The first-order chi connectivity index (χ1) is 8.82. The molecule has 2 N–H and O–H groups in total. The van der Waals surface area contributed by atoms with Gasteiger partial charge in [-0.1, -0.05) is 26.8 Å². The minimum atomic E-state index is 0.0251. The van der Waals surface area contributed by atoms with Crippen molar-refractivity contribution < 1.29 is 9.53 Å². The van der Waals surface area contributed by atoms with Crippen LogP contribution in [0.4, 0.5) is 0 Å². The van der Waals surface area contributed by atoms with Crippen LogP contribution in [-0.2, 0) is 5.41 Å². The topological polar surface area (TPSA) is 52.3 Å². The molecule has 0 saturated heterocycles. The predicted molar refractivity (Wildman–Crippen MR) is 76.7 cm³/mol. The fourth-order valence-corrected chi connectivity index (χ4v) is 2.46. The first-order valence-corrected chi connectivity index (χ1v) is 6.81. The molecule has 0 aromatic heterocycles. The Hall–Kier alpha value is -1.35. The van der Waals surface area contributed by atoms with Gasteiger partial charge in [-0.25, -0.2) is 0 Å². The Balaban J connectivity index is 2.34. The Morgan fingerprint density at radius 2 is 1.95 bits per heavy atom. The predicted octanol–water partition coefficient (Wildman–Crippen LogP) is 2.91. The maximum absolute atomic E-state index is 12.5. The first kappa shape index (κ1) is 14.1. The van der Waals surface area contributed by atoms with Gasteiger partial charge in [0.2, 0.25) is 0 Å². The summed E-state index contributed by atoms with van der Waals surface area (Å²) in [5, 5.41) is 0. The Morgan fingerprint density at radius 3 is 2.42 bits per heavy atom. The monoisotopic (exact) mass is 261 g/mol. The maximum atomic E-state index is 12.5. The van der Waals surface area contributed by atoms with E-state index in [1.54, 1.807) is 7.11 Å². The van der Waals surface area contributed by atoms with E-state index >= 15 is 0 Å². The number of Topliss-reactive ketones (excluding diaryl/α,β-unsaturated/α-hetero) is 1. The normalized spacial score (nSPS) is 22.8. The molecule has 1 fully saturated rings. The number of ketones is 1. The molecular weight excluding hydrogens is 238 g/mol. The zero-order valence-electron chi connectivity index (χ0n) is 12.2. The summed E-state index contributed by atoms with van der Waals surface area (Å²) >= 11 is 0. The van der Waals surface area contributed by atoms with E-state index < -0.39 is 0 Å². The van der Waals surface area contributed by atoms with Crippen molar-refractivity contribution in [3.8, 4) is 5.75 Å². The van der Waals surface area contributed by atoms with Gasteiger partial charge >= 0.3 is 0 Å². The van der Waals surface area contributed by atoms with Crippen LogP contribution in [0.25, 0.3) is 0 Å². The van der Waals surface area contributed by atoms with Crippen LogP contribution >= 0.6 is 0 Å². The van der Waals surface area contributed by atoms with Gasteiger partial charge < -0.3 is 10.5 Å². The van der Waals surface area contributed by atoms with Gasteiger partial charge in [0.15, 0.2) is 5.78 Å². The maximum Gasteiger partial charge on any atom is 0.169 e. The third-order valence-corrected chi connectivity index (χ3v) is 3.88. The van der Waals surface area contributed by atoms with E-state index in [4.69, 9.17) is 10.5 Å². The third kappa shape index (κ3) is 2.81. The van der Waals surface area contributed by atoms with Gasteiger partial charge in [-0.2, -0.15) is 0 Å². The lowest BCUT2D eigenvalue weighted by molar-refractivity contribution is 0.0829. The number of rotatable bonds is 3. The van der Waals surface area contributed by atoms with E-state index in [9.17, 15) is 4.79 Å². The summed E-state index contributed by atoms with van der Waals surface area (Å²) in [6.07, 6.45) is 1.59. The molecule has 104 valence electrons. The molecule has 3 heteroatoms. The van der Waals surface area contributed by atoms with Crippen LogP contribution in [0.1, 0.15) is 49.5 Å². The number of ether oxygens (including phenoxy) is 1. The number of benzene rings is 1. The van der Waals surface area contributed by atoms with Crippen LogP contribution in [0.2, 0.25) is 0 Å². The van der Waals surface area contributed by atoms with Crippen molar-refractivity contribution in [3.05, 3.63) is 29.3 Å². The number of carbonyl (C=O) groups is 1. The van der Waals surface area contributed by atoms with Crippen LogP contribution in [0.3, 0.4) is 0 Å². The molecule has 0 amide bonds. The van der Waals surface area contributed by atoms with Gasteiger partial charge in [0.25, 0.3) is 0 Å². The highest BCUT2D eigenvalue weighted by molar-refractivity contribution is 6.01. The van der Waals surface area contributed by atoms with Gasteiger partial charge in [-0.15, -0.1) is 0 Å². The van der Waals surface area contributed by atoms with Crippen molar-refractivity contribution in [1.29, 1.82) is 0 Å². The van der Waals surface area contributed by atoms with Gasteiger partial charge in [0.05, 0.1) is 12.7 Å². The van der Waals surface area contributed by atoms with E-state index in [2.05, 4.69) is 20.8 Å². The summed E-state index contributed by atoms with van der Waals surface area (Å²) in [4.78, 5) is 12.5. The van der Waals surface area contributed by atoms with Crippen molar-refractivity contribution in [1.82, 2.24) is 0 Å². The summed E-state index contributed by atoms with van der Waals surface area (Å²) < 4.78 is 5.33. The van der Waals surface area contributed by atoms with Crippen LogP contribution in [0, 0.1) is 5.92 Å². The Kier molecular flexibility index (Phi) is 3.68. The quantitative estimate of drug-likeness (QED) is 0.851. The van der Waals surface area contributed by atoms with Crippen molar-refractivity contribution >= 4 is 5.78 Å². The lowest BCUT2D eigenvalue weighted by Gasteiger charge is -2.31. The Morgan fingerprint density at radius 1 is 1.32 bits per heavy atom. The Labute approximate surface area is 115 Å². The molecule has 1 aliphatic rings. The van der Waals surface area contributed by atoms with Gasteiger partial charge in [0, 0.05) is 12.0 Å². The number of carbonyl (C=O) groups excluding carboxylic acids is 1. The van der Waals surface area contributed by atoms with Gasteiger partial charge in [-0.3, -0.25) is 4.79 Å². The summed E-state index contributed by atoms with van der Waals surface area (Å²) in [5.74, 6) is 0.905. The van der Waals surface area contributed by atoms with Crippen LogP contribution in [0.5, 0.6) is 5.75 Å². The summed E-state index contributed by atoms with van der Waals surface area (Å²) in [6.45, 7) is 6.42. The zero-order valence-corrected chi connectivity index (χ0v) is 12.2. The molecule has 3 nitrogen and oxygen atoms in total. The molecular formula is C16H23NO2. The number of hydrogen-bond acceptors (Lipinski definition) is 3. The van der Waals surface area contributed by atoms with Crippen LogP contribution in [-0.4, -0.2) is 18.9 Å². The molecule has 0 unspecified atom stereocenters. The molecule has 0 radical (unpaired) electrons. The molecule has 1 aromatic carbocycles. The largest absolute Gasteiger partial charge is 0.496 e. The van der Waals surface area contributed by atoms with Crippen molar-refractivity contribution in [3.63, 3.8) is 0 Å². The molecule has 1 saturated carbocycles. The highest BCUT2D eigenvalue weighted by Crippen LogP contribution is 2.34. The highest BCUT2D eigenvalue weighted by Gasteiger charge is 2.34. The van der Waals surface area contributed by atoms with Gasteiger partial charge in [-0.05, 0) is 36.0 Å². The smallest absolute Gasteiger partial charge is 0.169 e. The number of nitrogens with two attached hydrogens (primary N) is 1. The summed E-state index contributed by atoms with van der Waals surface area (Å²) in [5.41, 5.74) is 7.65. The lowest BCUT2D eigenvalue weighted by atomic mass is 9.75. The second-order valence-electron chi connectivity index (χ2n) is 6.46. The fraction of sp³-hybridized carbons (Fsp3) is 0.562.